The highest BCUT2D eigenvalue weighted by molar-refractivity contribution is 6.30. The minimum absolute atomic E-state index is 0.237. The lowest BCUT2D eigenvalue weighted by Gasteiger charge is -2.11. The number of allylic oxidation sites excluding steroid dienone is 2. The minimum atomic E-state index is 0.237. The number of rotatable bonds is 4. The van der Waals surface area contributed by atoms with Gasteiger partial charge < -0.3 is 0 Å². The van der Waals surface area contributed by atoms with E-state index in [0.717, 1.165) is 24.1 Å². The number of halogens is 1. The molecular weight excluding hydrogens is 248 g/mol. The molecule has 0 spiro atoms. The highest BCUT2D eigenvalue weighted by Crippen LogP contribution is 2.23. The summed E-state index contributed by atoms with van der Waals surface area (Å²) in [6, 6.07) is 0. The summed E-state index contributed by atoms with van der Waals surface area (Å²) < 4.78 is 1.62. The van der Waals surface area contributed by atoms with E-state index in [2.05, 4.69) is 11.2 Å². The number of aromatic nitrogens is 2. The zero-order valence-corrected chi connectivity index (χ0v) is 11.8. The molecule has 98 valence electrons. The van der Waals surface area contributed by atoms with E-state index in [1.807, 2.05) is 6.92 Å². The molecule has 4 heteroatoms. The quantitative estimate of drug-likeness (QED) is 0.783. The monoisotopic (exact) mass is 266 g/mol. The van der Waals surface area contributed by atoms with Gasteiger partial charge in [0.1, 0.15) is 10.9 Å². The SMILES string of the molecule is Cc1nn(C)c(Cl)c1CC(=O)CC1=CCCCC1. The Hall–Kier alpha value is -1.09. The van der Waals surface area contributed by atoms with E-state index in [9.17, 15) is 4.79 Å². The van der Waals surface area contributed by atoms with Crippen molar-refractivity contribution in [2.75, 3.05) is 0 Å². The summed E-state index contributed by atoms with van der Waals surface area (Å²) in [6.45, 7) is 1.90. The molecule has 1 aliphatic carbocycles. The van der Waals surface area contributed by atoms with Gasteiger partial charge in [-0.2, -0.15) is 5.10 Å². The molecule has 0 fully saturated rings. The zero-order valence-electron chi connectivity index (χ0n) is 11.0. The van der Waals surface area contributed by atoms with Crippen LogP contribution in [0.4, 0.5) is 0 Å². The molecule has 1 aliphatic rings. The molecular formula is C14H19ClN2O. The lowest BCUT2D eigenvalue weighted by atomic mass is 9.94. The maximum atomic E-state index is 12.1. The largest absolute Gasteiger partial charge is 0.299 e. The van der Waals surface area contributed by atoms with E-state index in [-0.39, 0.29) is 5.78 Å². The molecule has 0 bridgehead atoms. The number of carbonyl (C=O) groups excluding carboxylic acids is 1. The molecule has 3 nitrogen and oxygen atoms in total. The second-order valence-electron chi connectivity index (χ2n) is 4.98. The average molecular weight is 267 g/mol. The first kappa shape index (κ1) is 13.3. The third-order valence-electron chi connectivity index (χ3n) is 3.45. The van der Waals surface area contributed by atoms with Crippen molar-refractivity contribution in [1.29, 1.82) is 0 Å². The summed E-state index contributed by atoms with van der Waals surface area (Å²) in [5.41, 5.74) is 3.03. The number of hydrogen-bond donors (Lipinski definition) is 0. The van der Waals surface area contributed by atoms with Crippen LogP contribution in [0.25, 0.3) is 0 Å². The maximum Gasteiger partial charge on any atom is 0.141 e. The standard InChI is InChI=1S/C14H19ClN2O/c1-10-13(14(15)17(2)16-10)9-12(18)8-11-6-4-3-5-7-11/h6H,3-5,7-9H2,1-2H3. The van der Waals surface area contributed by atoms with Crippen LogP contribution in [0.3, 0.4) is 0 Å². The first-order valence-corrected chi connectivity index (χ1v) is 6.83. The van der Waals surface area contributed by atoms with Gasteiger partial charge in [0.25, 0.3) is 0 Å². The van der Waals surface area contributed by atoms with E-state index in [1.54, 1.807) is 11.7 Å². The molecule has 2 rings (SSSR count). The van der Waals surface area contributed by atoms with Crippen molar-refractivity contribution in [1.82, 2.24) is 9.78 Å². The molecule has 0 saturated heterocycles. The van der Waals surface area contributed by atoms with Gasteiger partial charge >= 0.3 is 0 Å². The van der Waals surface area contributed by atoms with Gasteiger partial charge in [-0.25, -0.2) is 0 Å². The van der Waals surface area contributed by atoms with Gasteiger partial charge in [-0.15, -0.1) is 0 Å². The molecule has 0 amide bonds. The van der Waals surface area contributed by atoms with E-state index < -0.39 is 0 Å². The summed E-state index contributed by atoms with van der Waals surface area (Å²) in [5.74, 6) is 0.237. The Bertz CT molecular complexity index is 488. The average Bonchev–Trinajstić information content (AvgIpc) is 2.57. The van der Waals surface area contributed by atoms with Gasteiger partial charge in [-0.3, -0.25) is 9.48 Å². The molecule has 1 aromatic heterocycles. The second-order valence-corrected chi connectivity index (χ2v) is 5.34. The summed E-state index contributed by atoms with van der Waals surface area (Å²) in [5, 5.41) is 4.81. The molecule has 0 saturated carbocycles. The van der Waals surface area contributed by atoms with Gasteiger partial charge in [0.05, 0.1) is 5.69 Å². The number of ketones is 1. The van der Waals surface area contributed by atoms with Crippen molar-refractivity contribution >= 4 is 17.4 Å². The lowest BCUT2D eigenvalue weighted by molar-refractivity contribution is -0.117. The van der Waals surface area contributed by atoms with Crippen LogP contribution in [-0.4, -0.2) is 15.6 Å². The Morgan fingerprint density at radius 2 is 2.22 bits per heavy atom. The van der Waals surface area contributed by atoms with Crippen LogP contribution in [0, 0.1) is 6.92 Å². The van der Waals surface area contributed by atoms with Crippen molar-refractivity contribution in [3.63, 3.8) is 0 Å². The van der Waals surface area contributed by atoms with E-state index in [4.69, 9.17) is 11.6 Å². The fraction of sp³-hybridized carbons (Fsp3) is 0.571. The van der Waals surface area contributed by atoms with Crippen LogP contribution in [0.2, 0.25) is 5.15 Å². The van der Waals surface area contributed by atoms with Crippen molar-refractivity contribution in [2.45, 2.75) is 45.4 Å². The molecule has 1 aromatic rings. The number of nitrogens with zero attached hydrogens (tertiary/aromatic N) is 2. The molecule has 0 atom stereocenters. The van der Waals surface area contributed by atoms with Crippen LogP contribution < -0.4 is 0 Å². The smallest absolute Gasteiger partial charge is 0.141 e. The minimum Gasteiger partial charge on any atom is -0.299 e. The number of Topliss-reactive ketones (excluding diaryl/α,β-unsaturated/α-hetero) is 1. The van der Waals surface area contributed by atoms with Gasteiger partial charge in [-0.05, 0) is 32.6 Å². The predicted octanol–water partition coefficient (Wildman–Crippen LogP) is 3.38. The zero-order chi connectivity index (χ0) is 13.1. The molecule has 0 aliphatic heterocycles. The Balaban J connectivity index is 2.00. The Morgan fingerprint density at radius 3 is 2.78 bits per heavy atom. The predicted molar refractivity (Wildman–Crippen MR) is 72.8 cm³/mol. The Morgan fingerprint density at radius 1 is 1.44 bits per heavy atom. The van der Waals surface area contributed by atoms with Gasteiger partial charge in [-0.1, -0.05) is 23.3 Å². The van der Waals surface area contributed by atoms with Gasteiger partial charge in [0.2, 0.25) is 0 Å². The third kappa shape index (κ3) is 3.02. The van der Waals surface area contributed by atoms with Crippen molar-refractivity contribution in [3.8, 4) is 0 Å². The first-order chi connectivity index (χ1) is 8.58. The molecule has 0 radical (unpaired) electrons. The maximum absolute atomic E-state index is 12.1. The Labute approximate surface area is 113 Å². The molecule has 0 unspecified atom stereocenters. The van der Waals surface area contributed by atoms with E-state index >= 15 is 0 Å². The summed E-state index contributed by atoms with van der Waals surface area (Å²) >= 11 is 6.13. The molecule has 0 N–H and O–H groups in total. The number of aryl methyl sites for hydroxylation is 2. The Kier molecular flexibility index (Phi) is 4.23. The normalized spacial score (nSPS) is 15.6. The van der Waals surface area contributed by atoms with E-state index in [1.165, 1.54) is 18.4 Å². The molecule has 18 heavy (non-hydrogen) atoms. The van der Waals surface area contributed by atoms with Crippen molar-refractivity contribution < 1.29 is 4.79 Å². The fourth-order valence-electron chi connectivity index (χ4n) is 2.45. The highest BCUT2D eigenvalue weighted by atomic mass is 35.5. The lowest BCUT2D eigenvalue weighted by Crippen LogP contribution is -2.06. The van der Waals surface area contributed by atoms with Crippen molar-refractivity contribution in [2.24, 2.45) is 7.05 Å². The van der Waals surface area contributed by atoms with Crippen LogP contribution in [-0.2, 0) is 18.3 Å². The van der Waals surface area contributed by atoms with Gasteiger partial charge in [0.15, 0.2) is 0 Å². The van der Waals surface area contributed by atoms with Crippen LogP contribution >= 0.6 is 11.6 Å². The summed E-state index contributed by atoms with van der Waals surface area (Å²) in [6.07, 6.45) is 7.86. The highest BCUT2D eigenvalue weighted by Gasteiger charge is 2.16. The second kappa shape index (κ2) is 5.70. The third-order valence-corrected chi connectivity index (χ3v) is 3.93. The number of hydrogen-bond acceptors (Lipinski definition) is 2. The summed E-state index contributed by atoms with van der Waals surface area (Å²) in [7, 11) is 1.80. The van der Waals surface area contributed by atoms with E-state index in [0.29, 0.717) is 18.0 Å². The fourth-order valence-corrected chi connectivity index (χ4v) is 2.69. The topological polar surface area (TPSA) is 34.9 Å². The first-order valence-electron chi connectivity index (χ1n) is 6.45. The van der Waals surface area contributed by atoms with Crippen molar-refractivity contribution in [3.05, 3.63) is 28.1 Å². The molecule has 0 aromatic carbocycles. The van der Waals surface area contributed by atoms with Crippen LogP contribution in [0.5, 0.6) is 0 Å². The molecule has 1 heterocycles. The van der Waals surface area contributed by atoms with Gasteiger partial charge in [0, 0.05) is 25.5 Å². The number of carbonyl (C=O) groups is 1. The summed E-state index contributed by atoms with van der Waals surface area (Å²) in [4.78, 5) is 12.1. The van der Waals surface area contributed by atoms with Crippen LogP contribution in [0.1, 0.15) is 43.4 Å². The van der Waals surface area contributed by atoms with Crippen LogP contribution in [0.15, 0.2) is 11.6 Å².